The van der Waals surface area contributed by atoms with Crippen molar-refractivity contribution in [2.45, 2.75) is 11.4 Å². The molecule has 1 saturated heterocycles. The summed E-state index contributed by atoms with van der Waals surface area (Å²) in [6.45, 7) is 0. The SMILES string of the molecule is O=C(O)C1CSC(c2ccc(F)c(F)c2F)N1. The molecule has 7 heteroatoms. The van der Waals surface area contributed by atoms with Crippen molar-refractivity contribution < 1.29 is 23.1 Å². The van der Waals surface area contributed by atoms with E-state index in [1.807, 2.05) is 0 Å². The van der Waals surface area contributed by atoms with Crippen molar-refractivity contribution in [3.8, 4) is 0 Å². The molecule has 0 saturated carbocycles. The molecule has 2 unspecified atom stereocenters. The van der Waals surface area contributed by atoms with E-state index in [-0.39, 0.29) is 11.3 Å². The van der Waals surface area contributed by atoms with Gasteiger partial charge in [0.05, 0.1) is 5.37 Å². The van der Waals surface area contributed by atoms with E-state index >= 15 is 0 Å². The Morgan fingerprint density at radius 2 is 2.06 bits per heavy atom. The third-order valence-corrected chi connectivity index (χ3v) is 3.68. The predicted octanol–water partition coefficient (Wildman–Crippen LogP) is 1.89. The van der Waals surface area contributed by atoms with Gasteiger partial charge in [-0.1, -0.05) is 6.07 Å². The highest BCUT2D eigenvalue weighted by Gasteiger charge is 2.32. The highest BCUT2D eigenvalue weighted by molar-refractivity contribution is 7.99. The van der Waals surface area contributed by atoms with E-state index in [9.17, 15) is 18.0 Å². The number of carboxylic acid groups (broad SMARTS) is 1. The van der Waals surface area contributed by atoms with Crippen LogP contribution in [0.15, 0.2) is 12.1 Å². The monoisotopic (exact) mass is 263 g/mol. The first-order valence-electron chi connectivity index (χ1n) is 4.74. The standard InChI is InChI=1S/C10H8F3NO2S/c11-5-2-1-4(7(12)8(5)13)9-14-6(3-17-9)10(15)16/h1-2,6,9,14H,3H2,(H,15,16). The third-order valence-electron chi connectivity index (χ3n) is 2.43. The first kappa shape index (κ1) is 12.3. The largest absolute Gasteiger partial charge is 0.480 e. The molecular weight excluding hydrogens is 255 g/mol. The number of benzene rings is 1. The summed E-state index contributed by atoms with van der Waals surface area (Å²) in [4.78, 5) is 10.7. The van der Waals surface area contributed by atoms with Gasteiger partial charge in [0.25, 0.3) is 0 Å². The zero-order chi connectivity index (χ0) is 12.6. The Morgan fingerprint density at radius 1 is 1.35 bits per heavy atom. The smallest absolute Gasteiger partial charge is 0.321 e. The van der Waals surface area contributed by atoms with Crippen LogP contribution in [0.3, 0.4) is 0 Å². The predicted molar refractivity (Wildman–Crippen MR) is 56.1 cm³/mol. The summed E-state index contributed by atoms with van der Waals surface area (Å²) >= 11 is 1.14. The minimum absolute atomic E-state index is 0.0716. The molecular formula is C10H8F3NO2S. The van der Waals surface area contributed by atoms with Crippen molar-refractivity contribution in [2.24, 2.45) is 0 Å². The Labute approximate surface area is 99.0 Å². The van der Waals surface area contributed by atoms with Crippen LogP contribution in [0, 0.1) is 17.5 Å². The van der Waals surface area contributed by atoms with E-state index in [4.69, 9.17) is 5.11 Å². The molecule has 3 nitrogen and oxygen atoms in total. The van der Waals surface area contributed by atoms with Gasteiger partial charge in [0, 0.05) is 11.3 Å². The summed E-state index contributed by atoms with van der Waals surface area (Å²) in [6.07, 6.45) is 0. The zero-order valence-corrected chi connectivity index (χ0v) is 9.23. The van der Waals surface area contributed by atoms with Crippen molar-refractivity contribution in [3.63, 3.8) is 0 Å². The molecule has 17 heavy (non-hydrogen) atoms. The van der Waals surface area contributed by atoms with Crippen LogP contribution in [-0.4, -0.2) is 22.9 Å². The van der Waals surface area contributed by atoms with Gasteiger partial charge in [0.1, 0.15) is 6.04 Å². The fourth-order valence-electron chi connectivity index (χ4n) is 1.54. The lowest BCUT2D eigenvalue weighted by Crippen LogP contribution is -2.34. The summed E-state index contributed by atoms with van der Waals surface area (Å²) in [6, 6.07) is 1.13. The molecule has 1 aromatic carbocycles. The van der Waals surface area contributed by atoms with Crippen LogP contribution in [0.5, 0.6) is 0 Å². The van der Waals surface area contributed by atoms with Gasteiger partial charge in [-0.2, -0.15) is 0 Å². The van der Waals surface area contributed by atoms with Gasteiger partial charge >= 0.3 is 5.97 Å². The molecule has 1 heterocycles. The molecule has 1 aliphatic rings. The van der Waals surface area contributed by atoms with E-state index in [1.165, 1.54) is 0 Å². The van der Waals surface area contributed by atoms with E-state index in [2.05, 4.69) is 5.32 Å². The number of hydrogen-bond acceptors (Lipinski definition) is 3. The molecule has 1 aromatic rings. The second kappa shape index (κ2) is 4.58. The highest BCUT2D eigenvalue weighted by Crippen LogP contribution is 2.35. The lowest BCUT2D eigenvalue weighted by Gasteiger charge is -2.12. The van der Waals surface area contributed by atoms with Gasteiger partial charge < -0.3 is 5.11 Å². The summed E-state index contributed by atoms with van der Waals surface area (Å²) in [5, 5.41) is 10.7. The van der Waals surface area contributed by atoms with Gasteiger partial charge in [-0.15, -0.1) is 11.8 Å². The molecule has 0 bridgehead atoms. The van der Waals surface area contributed by atoms with Crippen LogP contribution < -0.4 is 5.32 Å². The van der Waals surface area contributed by atoms with E-state index in [0.29, 0.717) is 0 Å². The van der Waals surface area contributed by atoms with Crippen LogP contribution >= 0.6 is 11.8 Å². The van der Waals surface area contributed by atoms with Crippen molar-refractivity contribution >= 4 is 17.7 Å². The molecule has 0 spiro atoms. The van der Waals surface area contributed by atoms with Gasteiger partial charge in [-0.3, -0.25) is 10.1 Å². The molecule has 0 radical (unpaired) electrons. The molecule has 2 N–H and O–H groups in total. The molecule has 0 aliphatic carbocycles. The highest BCUT2D eigenvalue weighted by atomic mass is 32.2. The minimum Gasteiger partial charge on any atom is -0.480 e. The van der Waals surface area contributed by atoms with Crippen molar-refractivity contribution in [3.05, 3.63) is 35.1 Å². The topological polar surface area (TPSA) is 49.3 Å². The Hall–Kier alpha value is -1.21. The van der Waals surface area contributed by atoms with E-state index in [0.717, 1.165) is 23.9 Å². The molecule has 0 amide bonds. The summed E-state index contributed by atoms with van der Waals surface area (Å²) in [7, 11) is 0. The van der Waals surface area contributed by atoms with Crippen molar-refractivity contribution in [1.29, 1.82) is 0 Å². The number of carboxylic acids is 1. The number of hydrogen-bond donors (Lipinski definition) is 2. The van der Waals surface area contributed by atoms with E-state index < -0.39 is 34.8 Å². The normalized spacial score (nSPS) is 23.9. The lowest BCUT2D eigenvalue weighted by atomic mass is 10.2. The molecule has 2 atom stereocenters. The number of carbonyl (C=O) groups is 1. The molecule has 92 valence electrons. The average Bonchev–Trinajstić information content (AvgIpc) is 2.75. The fraction of sp³-hybridized carbons (Fsp3) is 0.300. The Kier molecular flexibility index (Phi) is 3.30. The first-order valence-corrected chi connectivity index (χ1v) is 5.79. The van der Waals surface area contributed by atoms with Crippen molar-refractivity contribution in [1.82, 2.24) is 5.32 Å². The second-order valence-electron chi connectivity index (χ2n) is 3.54. The number of aliphatic carboxylic acids is 1. The van der Waals surface area contributed by atoms with Crippen molar-refractivity contribution in [2.75, 3.05) is 5.75 Å². The summed E-state index contributed by atoms with van der Waals surface area (Å²) < 4.78 is 39.1. The van der Waals surface area contributed by atoms with Gasteiger partial charge in [-0.25, -0.2) is 13.2 Å². The first-order chi connectivity index (χ1) is 8.00. The van der Waals surface area contributed by atoms with Crippen LogP contribution in [0.2, 0.25) is 0 Å². The number of halogens is 3. The quantitative estimate of drug-likeness (QED) is 0.800. The molecule has 1 fully saturated rings. The van der Waals surface area contributed by atoms with Crippen LogP contribution in [-0.2, 0) is 4.79 Å². The van der Waals surface area contributed by atoms with E-state index in [1.54, 1.807) is 0 Å². The van der Waals surface area contributed by atoms with Crippen LogP contribution in [0.25, 0.3) is 0 Å². The Bertz CT molecular complexity index is 469. The maximum atomic E-state index is 13.4. The Balaban J connectivity index is 2.25. The average molecular weight is 263 g/mol. The van der Waals surface area contributed by atoms with Gasteiger partial charge in [0.2, 0.25) is 0 Å². The molecule has 0 aromatic heterocycles. The number of thioether (sulfide) groups is 1. The minimum atomic E-state index is -1.54. The van der Waals surface area contributed by atoms with Crippen LogP contribution in [0.1, 0.15) is 10.9 Å². The maximum absolute atomic E-state index is 13.4. The second-order valence-corrected chi connectivity index (χ2v) is 4.67. The third kappa shape index (κ3) is 2.25. The van der Waals surface area contributed by atoms with Crippen LogP contribution in [0.4, 0.5) is 13.2 Å². The number of nitrogens with one attached hydrogen (secondary N) is 1. The number of rotatable bonds is 2. The lowest BCUT2D eigenvalue weighted by molar-refractivity contribution is -0.138. The summed E-state index contributed by atoms with van der Waals surface area (Å²) in [5.41, 5.74) is -0.0716. The molecule has 2 rings (SSSR count). The Morgan fingerprint density at radius 3 is 2.65 bits per heavy atom. The van der Waals surface area contributed by atoms with Gasteiger partial charge in [-0.05, 0) is 6.07 Å². The summed E-state index contributed by atoms with van der Waals surface area (Å²) in [5.74, 6) is -4.88. The van der Waals surface area contributed by atoms with Gasteiger partial charge in [0.15, 0.2) is 17.5 Å². The fourth-order valence-corrected chi connectivity index (χ4v) is 2.78. The zero-order valence-electron chi connectivity index (χ0n) is 8.41. The molecule has 1 aliphatic heterocycles. The maximum Gasteiger partial charge on any atom is 0.321 e.